The third kappa shape index (κ3) is 5.38. The van der Waals surface area contributed by atoms with Gasteiger partial charge in [-0.3, -0.25) is 4.79 Å². The van der Waals surface area contributed by atoms with Gasteiger partial charge in [0.15, 0.2) is 17.5 Å². The van der Waals surface area contributed by atoms with Gasteiger partial charge in [0, 0.05) is 18.2 Å². The Morgan fingerprint density at radius 3 is 2.29 bits per heavy atom. The zero-order valence-corrected chi connectivity index (χ0v) is 12.5. The lowest BCUT2D eigenvalue weighted by Crippen LogP contribution is -2.29. The van der Waals surface area contributed by atoms with Gasteiger partial charge in [0.1, 0.15) is 0 Å². The predicted molar refractivity (Wildman–Crippen MR) is 75.6 cm³/mol. The molecule has 118 valence electrons. The molecule has 1 rings (SSSR count). The second-order valence-corrected chi connectivity index (χ2v) is 5.29. The van der Waals surface area contributed by atoms with Gasteiger partial charge in [0.2, 0.25) is 0 Å². The minimum absolute atomic E-state index is 0.217. The van der Waals surface area contributed by atoms with Crippen molar-refractivity contribution in [2.24, 2.45) is 0 Å². The van der Waals surface area contributed by atoms with Crippen LogP contribution in [0, 0.1) is 17.5 Å². The van der Waals surface area contributed by atoms with Gasteiger partial charge in [0.25, 0.3) is 5.91 Å². The van der Waals surface area contributed by atoms with Crippen molar-refractivity contribution in [3.05, 3.63) is 35.1 Å². The molecule has 0 atom stereocenters. The van der Waals surface area contributed by atoms with Gasteiger partial charge in [-0.15, -0.1) is 0 Å². The van der Waals surface area contributed by atoms with Crippen LogP contribution in [0.25, 0.3) is 0 Å². The Morgan fingerprint density at radius 2 is 1.76 bits per heavy atom. The highest BCUT2D eigenvalue weighted by Crippen LogP contribution is 2.13. The van der Waals surface area contributed by atoms with Gasteiger partial charge >= 0.3 is 0 Å². The van der Waals surface area contributed by atoms with Crippen LogP contribution in [-0.4, -0.2) is 37.0 Å². The van der Waals surface area contributed by atoms with E-state index in [4.69, 9.17) is 0 Å². The Labute approximate surface area is 123 Å². The van der Waals surface area contributed by atoms with Crippen LogP contribution in [0.3, 0.4) is 0 Å². The molecule has 0 aromatic heterocycles. The summed E-state index contributed by atoms with van der Waals surface area (Å²) in [5.41, 5.74) is -0.217. The topological polar surface area (TPSA) is 32.3 Å². The number of amides is 1. The van der Waals surface area contributed by atoms with Gasteiger partial charge < -0.3 is 10.2 Å². The van der Waals surface area contributed by atoms with Gasteiger partial charge in [-0.05, 0) is 52.4 Å². The van der Waals surface area contributed by atoms with Gasteiger partial charge in [-0.25, -0.2) is 13.2 Å². The van der Waals surface area contributed by atoms with Crippen molar-refractivity contribution < 1.29 is 18.0 Å². The van der Waals surface area contributed by atoms with E-state index < -0.39 is 23.4 Å². The molecule has 0 saturated carbocycles. The molecule has 0 bridgehead atoms. The second kappa shape index (κ2) is 8.02. The Bertz CT molecular complexity index is 469. The van der Waals surface area contributed by atoms with Crippen LogP contribution in [-0.2, 0) is 0 Å². The van der Waals surface area contributed by atoms with Crippen molar-refractivity contribution in [1.82, 2.24) is 10.2 Å². The SMILES string of the molecule is CC(C)N(C)CCCCNC(=O)c1cc(F)c(F)c(F)c1. The van der Waals surface area contributed by atoms with Crippen LogP contribution in [0.5, 0.6) is 0 Å². The van der Waals surface area contributed by atoms with Gasteiger partial charge in [-0.2, -0.15) is 0 Å². The molecule has 1 amide bonds. The molecular formula is C15H21F3N2O. The first-order chi connectivity index (χ1) is 9.82. The molecule has 1 aromatic rings. The highest BCUT2D eigenvalue weighted by molar-refractivity contribution is 5.94. The zero-order valence-electron chi connectivity index (χ0n) is 12.5. The second-order valence-electron chi connectivity index (χ2n) is 5.29. The molecule has 1 aromatic carbocycles. The Hall–Kier alpha value is -1.56. The van der Waals surface area contributed by atoms with E-state index in [2.05, 4.69) is 24.1 Å². The molecule has 0 aliphatic heterocycles. The Kier molecular flexibility index (Phi) is 6.68. The van der Waals surface area contributed by atoms with Crippen LogP contribution in [0.15, 0.2) is 12.1 Å². The predicted octanol–water partition coefficient (Wildman–Crippen LogP) is 2.95. The van der Waals surface area contributed by atoms with Gasteiger partial charge in [0.05, 0.1) is 0 Å². The number of rotatable bonds is 7. The molecule has 0 unspecified atom stereocenters. The van der Waals surface area contributed by atoms with Crippen LogP contribution in [0.1, 0.15) is 37.0 Å². The van der Waals surface area contributed by atoms with E-state index in [9.17, 15) is 18.0 Å². The summed E-state index contributed by atoms with van der Waals surface area (Å²) < 4.78 is 38.8. The van der Waals surface area contributed by atoms with Gasteiger partial charge in [-0.1, -0.05) is 0 Å². The van der Waals surface area contributed by atoms with E-state index in [1.165, 1.54) is 0 Å². The zero-order chi connectivity index (χ0) is 16.0. The quantitative estimate of drug-likeness (QED) is 0.620. The lowest BCUT2D eigenvalue weighted by atomic mass is 10.2. The van der Waals surface area contributed by atoms with Crippen LogP contribution < -0.4 is 5.32 Å². The van der Waals surface area contributed by atoms with Crippen LogP contribution in [0.4, 0.5) is 13.2 Å². The van der Waals surface area contributed by atoms with Crippen molar-refractivity contribution in [1.29, 1.82) is 0 Å². The first-order valence-corrected chi connectivity index (χ1v) is 6.96. The third-order valence-corrected chi connectivity index (χ3v) is 3.35. The molecule has 6 heteroatoms. The lowest BCUT2D eigenvalue weighted by molar-refractivity contribution is 0.0951. The van der Waals surface area contributed by atoms with Crippen molar-refractivity contribution in [2.45, 2.75) is 32.7 Å². The van der Waals surface area contributed by atoms with Crippen LogP contribution >= 0.6 is 0 Å². The molecule has 21 heavy (non-hydrogen) atoms. The number of nitrogens with zero attached hydrogens (tertiary/aromatic N) is 1. The van der Waals surface area contributed by atoms with Crippen LogP contribution in [0.2, 0.25) is 0 Å². The third-order valence-electron chi connectivity index (χ3n) is 3.35. The van der Waals surface area contributed by atoms with Crippen molar-refractivity contribution >= 4 is 5.91 Å². The molecule has 1 N–H and O–H groups in total. The summed E-state index contributed by atoms with van der Waals surface area (Å²) in [6, 6.07) is 1.85. The molecule has 0 heterocycles. The maximum Gasteiger partial charge on any atom is 0.251 e. The molecular weight excluding hydrogens is 281 g/mol. The maximum absolute atomic E-state index is 13.0. The summed E-state index contributed by atoms with van der Waals surface area (Å²) in [4.78, 5) is 13.9. The molecule has 0 spiro atoms. The molecule has 0 aliphatic rings. The summed E-state index contributed by atoms with van der Waals surface area (Å²) in [6.45, 7) is 5.51. The summed E-state index contributed by atoms with van der Waals surface area (Å²) in [5, 5.41) is 2.56. The average Bonchev–Trinajstić information content (AvgIpc) is 2.43. The fourth-order valence-corrected chi connectivity index (χ4v) is 1.73. The van der Waals surface area contributed by atoms with E-state index in [-0.39, 0.29) is 5.56 Å². The molecule has 0 fully saturated rings. The van der Waals surface area contributed by atoms with Crippen molar-refractivity contribution in [3.8, 4) is 0 Å². The maximum atomic E-state index is 13.0. The smallest absolute Gasteiger partial charge is 0.251 e. The highest BCUT2D eigenvalue weighted by atomic mass is 19.2. The van der Waals surface area contributed by atoms with E-state index >= 15 is 0 Å². The van der Waals surface area contributed by atoms with Crippen molar-refractivity contribution in [2.75, 3.05) is 20.1 Å². The molecule has 3 nitrogen and oxygen atoms in total. The highest BCUT2D eigenvalue weighted by Gasteiger charge is 2.14. The minimum Gasteiger partial charge on any atom is -0.352 e. The summed E-state index contributed by atoms with van der Waals surface area (Å²) in [5.74, 6) is -4.90. The lowest BCUT2D eigenvalue weighted by Gasteiger charge is -2.20. The number of carbonyl (C=O) groups excluding carboxylic acids is 1. The van der Waals surface area contributed by atoms with E-state index in [0.29, 0.717) is 24.7 Å². The standard InChI is InChI=1S/C15H21F3N2O/c1-10(2)20(3)7-5-4-6-19-15(21)11-8-12(16)14(18)13(17)9-11/h8-10H,4-7H2,1-3H3,(H,19,21). The van der Waals surface area contributed by atoms with E-state index in [1.807, 2.05) is 7.05 Å². The number of nitrogens with one attached hydrogen (secondary N) is 1. The minimum atomic E-state index is -1.57. The largest absolute Gasteiger partial charge is 0.352 e. The van der Waals surface area contributed by atoms with Crippen molar-refractivity contribution in [3.63, 3.8) is 0 Å². The number of carbonyl (C=O) groups is 1. The normalized spacial score (nSPS) is 11.2. The summed E-state index contributed by atoms with van der Waals surface area (Å²) >= 11 is 0. The summed E-state index contributed by atoms with van der Waals surface area (Å²) in [7, 11) is 2.02. The number of halogens is 3. The summed E-state index contributed by atoms with van der Waals surface area (Å²) in [6.07, 6.45) is 1.66. The fourth-order valence-electron chi connectivity index (χ4n) is 1.73. The number of hydrogen-bond donors (Lipinski definition) is 1. The molecule has 0 saturated heterocycles. The first kappa shape index (κ1) is 17.5. The number of hydrogen-bond acceptors (Lipinski definition) is 2. The molecule has 0 aliphatic carbocycles. The molecule has 0 radical (unpaired) electrons. The first-order valence-electron chi connectivity index (χ1n) is 6.96. The number of benzene rings is 1. The van der Waals surface area contributed by atoms with E-state index in [1.54, 1.807) is 0 Å². The number of unbranched alkanes of at least 4 members (excludes halogenated alkanes) is 1. The monoisotopic (exact) mass is 302 g/mol. The Morgan fingerprint density at radius 1 is 1.19 bits per heavy atom. The fraction of sp³-hybridized carbons (Fsp3) is 0.533. The average molecular weight is 302 g/mol. The van der Waals surface area contributed by atoms with E-state index in [0.717, 1.165) is 19.4 Å². The Balaban J connectivity index is 2.38.